The number of aliphatic carboxylic acids is 1. The van der Waals surface area contributed by atoms with E-state index in [9.17, 15) is 9.90 Å². The van der Waals surface area contributed by atoms with Gasteiger partial charge in [0, 0.05) is 13.1 Å². The summed E-state index contributed by atoms with van der Waals surface area (Å²) in [6, 6.07) is 5.54. The molecule has 0 aliphatic heterocycles. The standard InChI is InChI=1S/C24H29N7O4/c1-14-20(35-17-5-3-4-15(12-17)24(32)33)9-8-18(27-14)22-19(31(2)30-28-22)13-25-23-21(10-11-26-29-23)34-16-6-7-16/h8-11,15-17H,3-7,12-13H2,1-2H3,(H,25,29)(H,32,33)/t15-,17-/m0/s1. The van der Waals surface area contributed by atoms with Gasteiger partial charge in [0.05, 0.1) is 47.9 Å². The number of carboxylic acids is 1. The van der Waals surface area contributed by atoms with Crippen molar-refractivity contribution in [2.75, 3.05) is 5.32 Å². The maximum atomic E-state index is 11.4. The summed E-state index contributed by atoms with van der Waals surface area (Å²) in [6.07, 6.45) is 6.79. The van der Waals surface area contributed by atoms with Crippen LogP contribution in [0.4, 0.5) is 5.82 Å². The zero-order valence-corrected chi connectivity index (χ0v) is 19.8. The molecule has 35 heavy (non-hydrogen) atoms. The van der Waals surface area contributed by atoms with Crippen LogP contribution in [0.2, 0.25) is 0 Å². The molecule has 184 valence electrons. The van der Waals surface area contributed by atoms with E-state index in [1.165, 1.54) is 0 Å². The summed E-state index contributed by atoms with van der Waals surface area (Å²) in [5.74, 6) is 0.823. The molecule has 2 fully saturated rings. The smallest absolute Gasteiger partial charge is 0.306 e. The van der Waals surface area contributed by atoms with Crippen LogP contribution in [-0.4, -0.2) is 53.5 Å². The molecule has 2 saturated carbocycles. The average Bonchev–Trinajstić information content (AvgIpc) is 3.60. The van der Waals surface area contributed by atoms with Gasteiger partial charge in [0.25, 0.3) is 0 Å². The van der Waals surface area contributed by atoms with E-state index in [1.54, 1.807) is 10.9 Å². The summed E-state index contributed by atoms with van der Waals surface area (Å²) < 4.78 is 13.8. The Kier molecular flexibility index (Phi) is 6.47. The number of anilines is 1. The van der Waals surface area contributed by atoms with E-state index < -0.39 is 5.97 Å². The van der Waals surface area contributed by atoms with Gasteiger partial charge in [-0.1, -0.05) is 5.21 Å². The summed E-state index contributed by atoms with van der Waals surface area (Å²) in [6.45, 7) is 2.29. The van der Waals surface area contributed by atoms with E-state index in [0.29, 0.717) is 48.1 Å². The summed E-state index contributed by atoms with van der Waals surface area (Å²) in [7, 11) is 1.83. The number of aryl methyl sites for hydroxylation is 2. The number of ether oxygens (including phenoxy) is 2. The molecule has 0 amide bonds. The normalized spacial score (nSPS) is 19.8. The molecule has 0 radical (unpaired) electrons. The van der Waals surface area contributed by atoms with Crippen molar-refractivity contribution in [2.45, 2.75) is 64.2 Å². The van der Waals surface area contributed by atoms with Gasteiger partial charge in [-0.3, -0.25) is 4.79 Å². The maximum Gasteiger partial charge on any atom is 0.306 e. The molecule has 11 nitrogen and oxygen atoms in total. The van der Waals surface area contributed by atoms with Crippen molar-refractivity contribution in [3.05, 3.63) is 35.8 Å². The second kappa shape index (κ2) is 9.85. The molecule has 2 aliphatic carbocycles. The monoisotopic (exact) mass is 479 g/mol. The largest absolute Gasteiger partial charge is 0.489 e. The first kappa shape index (κ1) is 23.0. The minimum Gasteiger partial charge on any atom is -0.489 e. The van der Waals surface area contributed by atoms with Gasteiger partial charge in [-0.25, -0.2) is 9.67 Å². The zero-order valence-electron chi connectivity index (χ0n) is 19.8. The Hall–Kier alpha value is -3.76. The van der Waals surface area contributed by atoms with Crippen LogP contribution in [-0.2, 0) is 18.4 Å². The first-order valence-electron chi connectivity index (χ1n) is 12.0. The molecule has 3 aromatic rings. The predicted octanol–water partition coefficient (Wildman–Crippen LogP) is 3.15. The quantitative estimate of drug-likeness (QED) is 0.471. The van der Waals surface area contributed by atoms with Crippen LogP contribution >= 0.6 is 0 Å². The summed E-state index contributed by atoms with van der Waals surface area (Å²) >= 11 is 0. The van der Waals surface area contributed by atoms with E-state index in [0.717, 1.165) is 37.1 Å². The second-order valence-corrected chi connectivity index (χ2v) is 9.14. The zero-order chi connectivity index (χ0) is 24.4. The fourth-order valence-electron chi connectivity index (χ4n) is 4.31. The Labute approximate surface area is 202 Å². The predicted molar refractivity (Wildman–Crippen MR) is 126 cm³/mol. The molecular weight excluding hydrogens is 450 g/mol. The Morgan fingerprint density at radius 1 is 1.11 bits per heavy atom. The maximum absolute atomic E-state index is 11.4. The molecule has 0 bridgehead atoms. The van der Waals surface area contributed by atoms with Crippen LogP contribution in [0.25, 0.3) is 11.4 Å². The third kappa shape index (κ3) is 5.33. The van der Waals surface area contributed by atoms with Gasteiger partial charge in [-0.15, -0.1) is 10.2 Å². The Morgan fingerprint density at radius 2 is 1.94 bits per heavy atom. The van der Waals surface area contributed by atoms with Gasteiger partial charge in [-0.05, 0) is 57.6 Å². The van der Waals surface area contributed by atoms with Crippen LogP contribution in [0.5, 0.6) is 11.5 Å². The van der Waals surface area contributed by atoms with Gasteiger partial charge in [0.15, 0.2) is 11.6 Å². The fraction of sp³-hybridized carbons (Fsp3) is 0.500. The highest BCUT2D eigenvalue weighted by molar-refractivity contribution is 5.70. The van der Waals surface area contributed by atoms with Gasteiger partial charge in [0.1, 0.15) is 11.4 Å². The minimum atomic E-state index is -0.750. The SMILES string of the molecule is Cc1nc(-c2nnn(C)c2CNc2nnccc2OC2CC2)ccc1O[C@H]1CCC[C@H](C(=O)O)C1. The molecule has 3 aromatic heterocycles. The highest BCUT2D eigenvalue weighted by Gasteiger charge is 2.29. The Morgan fingerprint density at radius 3 is 2.71 bits per heavy atom. The molecule has 2 N–H and O–H groups in total. The summed E-state index contributed by atoms with van der Waals surface area (Å²) in [5.41, 5.74) is 2.90. The Balaban J connectivity index is 1.30. The fourth-order valence-corrected chi connectivity index (χ4v) is 4.31. The molecular formula is C24H29N7O4. The average molecular weight is 480 g/mol. The molecule has 11 heteroatoms. The minimum absolute atomic E-state index is 0.119. The third-order valence-electron chi connectivity index (χ3n) is 6.42. The van der Waals surface area contributed by atoms with Gasteiger partial charge >= 0.3 is 5.97 Å². The van der Waals surface area contributed by atoms with Crippen molar-refractivity contribution in [3.8, 4) is 22.9 Å². The van der Waals surface area contributed by atoms with Crippen molar-refractivity contribution >= 4 is 11.8 Å². The van der Waals surface area contributed by atoms with Crippen LogP contribution in [0, 0.1) is 12.8 Å². The lowest BCUT2D eigenvalue weighted by atomic mass is 9.87. The van der Waals surface area contributed by atoms with Crippen LogP contribution in [0.15, 0.2) is 24.4 Å². The highest BCUT2D eigenvalue weighted by Crippen LogP contribution is 2.32. The number of carbonyl (C=O) groups is 1. The van der Waals surface area contributed by atoms with Crippen molar-refractivity contribution in [1.29, 1.82) is 0 Å². The third-order valence-corrected chi connectivity index (χ3v) is 6.42. The molecule has 0 saturated heterocycles. The molecule has 2 aliphatic rings. The number of carboxylic acid groups (broad SMARTS) is 1. The highest BCUT2D eigenvalue weighted by atomic mass is 16.5. The van der Waals surface area contributed by atoms with Crippen LogP contribution in [0.1, 0.15) is 49.9 Å². The second-order valence-electron chi connectivity index (χ2n) is 9.14. The number of nitrogens with zero attached hydrogens (tertiary/aromatic N) is 6. The number of nitrogens with one attached hydrogen (secondary N) is 1. The van der Waals surface area contributed by atoms with Crippen molar-refractivity contribution < 1.29 is 19.4 Å². The number of hydrogen-bond acceptors (Lipinski definition) is 9. The van der Waals surface area contributed by atoms with Gasteiger partial charge < -0.3 is 19.9 Å². The van der Waals surface area contributed by atoms with E-state index in [-0.39, 0.29) is 18.1 Å². The molecule has 0 unspecified atom stereocenters. The first-order valence-corrected chi connectivity index (χ1v) is 12.0. The van der Waals surface area contributed by atoms with Crippen molar-refractivity contribution in [3.63, 3.8) is 0 Å². The summed E-state index contributed by atoms with van der Waals surface area (Å²) in [5, 5.41) is 29.3. The number of aromatic nitrogens is 6. The topological polar surface area (TPSA) is 137 Å². The number of hydrogen-bond donors (Lipinski definition) is 2. The van der Waals surface area contributed by atoms with E-state index in [2.05, 4.69) is 25.8 Å². The summed E-state index contributed by atoms with van der Waals surface area (Å²) in [4.78, 5) is 16.1. The number of rotatable bonds is 9. The van der Waals surface area contributed by atoms with E-state index >= 15 is 0 Å². The molecule has 2 atom stereocenters. The Bertz CT molecular complexity index is 1210. The van der Waals surface area contributed by atoms with Gasteiger partial charge in [-0.2, -0.15) is 5.10 Å². The lowest BCUT2D eigenvalue weighted by Gasteiger charge is -2.27. The molecule has 0 spiro atoms. The van der Waals surface area contributed by atoms with Crippen LogP contribution < -0.4 is 14.8 Å². The lowest BCUT2D eigenvalue weighted by Crippen LogP contribution is -2.29. The molecule has 5 rings (SSSR count). The van der Waals surface area contributed by atoms with Crippen molar-refractivity contribution in [2.24, 2.45) is 13.0 Å². The molecule has 3 heterocycles. The lowest BCUT2D eigenvalue weighted by molar-refractivity contribution is -0.143. The van der Waals surface area contributed by atoms with Crippen LogP contribution in [0.3, 0.4) is 0 Å². The first-order chi connectivity index (χ1) is 17.0. The number of pyridine rings is 1. The van der Waals surface area contributed by atoms with Gasteiger partial charge in [0.2, 0.25) is 0 Å². The van der Waals surface area contributed by atoms with E-state index in [1.807, 2.05) is 32.2 Å². The molecule has 0 aromatic carbocycles. The van der Waals surface area contributed by atoms with E-state index in [4.69, 9.17) is 14.5 Å². The van der Waals surface area contributed by atoms with Crippen molar-refractivity contribution in [1.82, 2.24) is 30.2 Å².